The molecule has 0 aromatic rings. The average molecular weight is 176 g/mol. The van der Waals surface area contributed by atoms with Crippen LogP contribution >= 0.6 is 0 Å². The van der Waals surface area contributed by atoms with Crippen LogP contribution in [0, 0.1) is 0 Å². The minimum absolute atomic E-state index is 0.481. The highest BCUT2D eigenvalue weighted by molar-refractivity contribution is 6.69. The second-order valence-electron chi connectivity index (χ2n) is 2.80. The van der Waals surface area contributed by atoms with Gasteiger partial charge in [-0.3, -0.25) is 4.98 Å². The van der Waals surface area contributed by atoms with Crippen LogP contribution in [-0.2, 0) is 0 Å². The van der Waals surface area contributed by atoms with Crippen molar-refractivity contribution in [3.63, 3.8) is 0 Å². The summed E-state index contributed by atoms with van der Waals surface area (Å²) in [5.41, 5.74) is 0. The van der Waals surface area contributed by atoms with Crippen LogP contribution in [0.5, 0.6) is 0 Å². The lowest BCUT2D eigenvalue weighted by Gasteiger charge is -2.31. The predicted octanol–water partition coefficient (Wildman–Crippen LogP) is -0.922. The Morgan fingerprint density at radius 1 is 0.909 bits per heavy atom. The minimum atomic E-state index is -1.78. The second-order valence-corrected chi connectivity index (χ2v) is 6.09. The van der Waals surface area contributed by atoms with Crippen molar-refractivity contribution in [3.05, 3.63) is 0 Å². The third-order valence-corrected chi connectivity index (χ3v) is 4.89. The maximum atomic E-state index is 3.45. The Bertz CT molecular complexity index is 94.5. The van der Waals surface area contributed by atoms with Gasteiger partial charge in [0, 0.05) is 0 Å². The molecule has 0 saturated heterocycles. The summed E-state index contributed by atoms with van der Waals surface area (Å²) >= 11 is 0. The lowest BCUT2D eigenvalue weighted by Crippen LogP contribution is -2.79. The molecule has 0 saturated carbocycles. The molecule has 0 unspecified atom stereocenters. The van der Waals surface area contributed by atoms with Crippen molar-refractivity contribution < 1.29 is 0 Å². The number of rotatable bonds is 5. The van der Waals surface area contributed by atoms with E-state index < -0.39 is 8.72 Å². The molecule has 0 fully saturated rings. The summed E-state index contributed by atoms with van der Waals surface area (Å²) in [4.78, 5) is 13.2. The zero-order valence-electron chi connectivity index (χ0n) is 8.08. The molecule has 0 bridgehead atoms. The number of hydrogen-bond acceptors (Lipinski definition) is 4. The van der Waals surface area contributed by atoms with Crippen LogP contribution in [0.4, 0.5) is 0 Å². The Balaban J connectivity index is 4.05. The SMILES string of the molecule is CN[Si](NC)(NC)NC(C)C. The van der Waals surface area contributed by atoms with Crippen molar-refractivity contribution >= 4 is 8.72 Å². The van der Waals surface area contributed by atoms with Crippen LogP contribution in [0.3, 0.4) is 0 Å². The van der Waals surface area contributed by atoms with Gasteiger partial charge in [-0.25, -0.2) is 0 Å². The number of hydrogen-bond donors (Lipinski definition) is 4. The number of nitrogens with one attached hydrogen (secondary N) is 4. The Kier molecular flexibility index (Phi) is 4.86. The molecule has 0 amide bonds. The third-order valence-electron chi connectivity index (χ3n) is 1.63. The van der Waals surface area contributed by atoms with Crippen molar-refractivity contribution in [2.75, 3.05) is 21.1 Å². The molecule has 0 aliphatic carbocycles. The topological polar surface area (TPSA) is 48.1 Å². The second kappa shape index (κ2) is 4.84. The molecule has 0 aliphatic rings. The van der Waals surface area contributed by atoms with Crippen LogP contribution in [0.15, 0.2) is 0 Å². The van der Waals surface area contributed by atoms with Gasteiger partial charge in [-0.15, -0.1) is 0 Å². The first-order valence-electron chi connectivity index (χ1n) is 3.94. The molecule has 0 radical (unpaired) electrons. The predicted molar refractivity (Wildman–Crippen MR) is 51.2 cm³/mol. The monoisotopic (exact) mass is 176 g/mol. The van der Waals surface area contributed by atoms with Gasteiger partial charge < -0.3 is 14.9 Å². The molecule has 4 N–H and O–H groups in total. The van der Waals surface area contributed by atoms with E-state index in [0.29, 0.717) is 6.04 Å². The van der Waals surface area contributed by atoms with Gasteiger partial charge in [0.2, 0.25) is 0 Å². The van der Waals surface area contributed by atoms with Crippen molar-refractivity contribution in [2.45, 2.75) is 19.9 Å². The molecule has 68 valence electrons. The van der Waals surface area contributed by atoms with Gasteiger partial charge in [0.25, 0.3) is 0 Å². The van der Waals surface area contributed by atoms with Crippen molar-refractivity contribution in [1.29, 1.82) is 0 Å². The summed E-state index contributed by atoms with van der Waals surface area (Å²) < 4.78 is 0. The lowest BCUT2D eigenvalue weighted by atomic mass is 10.4. The summed E-state index contributed by atoms with van der Waals surface area (Å²) in [6.07, 6.45) is 0. The van der Waals surface area contributed by atoms with Gasteiger partial charge in [0.1, 0.15) is 0 Å². The highest BCUT2D eigenvalue weighted by Gasteiger charge is 2.29. The van der Waals surface area contributed by atoms with Gasteiger partial charge >= 0.3 is 8.72 Å². The lowest BCUT2D eigenvalue weighted by molar-refractivity contribution is 0.673. The van der Waals surface area contributed by atoms with Crippen LogP contribution in [0.2, 0.25) is 0 Å². The van der Waals surface area contributed by atoms with E-state index in [4.69, 9.17) is 0 Å². The molecule has 5 heteroatoms. The van der Waals surface area contributed by atoms with E-state index in [1.54, 1.807) is 0 Å². The van der Waals surface area contributed by atoms with E-state index in [1.165, 1.54) is 0 Å². The zero-order valence-corrected chi connectivity index (χ0v) is 9.08. The molecule has 0 aromatic carbocycles. The molecule has 0 heterocycles. The Morgan fingerprint density at radius 3 is 1.36 bits per heavy atom. The van der Waals surface area contributed by atoms with E-state index >= 15 is 0 Å². The maximum Gasteiger partial charge on any atom is 0.365 e. The van der Waals surface area contributed by atoms with Gasteiger partial charge in [-0.05, 0) is 27.2 Å². The average Bonchev–Trinajstić information content (AvgIpc) is 2.00. The highest BCUT2D eigenvalue weighted by atomic mass is 28.4. The van der Waals surface area contributed by atoms with Crippen molar-refractivity contribution in [2.24, 2.45) is 0 Å². The first-order valence-corrected chi connectivity index (χ1v) is 5.94. The van der Waals surface area contributed by atoms with Gasteiger partial charge in [0.05, 0.1) is 0 Å². The molecule has 4 nitrogen and oxygen atoms in total. The molecule has 0 rings (SSSR count). The quantitative estimate of drug-likeness (QED) is 0.409. The molecule has 0 aliphatic heterocycles. The fourth-order valence-electron chi connectivity index (χ4n) is 1.02. The summed E-state index contributed by atoms with van der Waals surface area (Å²) in [6.45, 7) is 4.27. The van der Waals surface area contributed by atoms with Crippen LogP contribution in [0.25, 0.3) is 0 Å². The summed E-state index contributed by atoms with van der Waals surface area (Å²) in [6, 6.07) is 0.481. The van der Waals surface area contributed by atoms with Gasteiger partial charge in [0.15, 0.2) is 0 Å². The van der Waals surface area contributed by atoms with Gasteiger partial charge in [-0.1, -0.05) is 13.8 Å². The summed E-state index contributed by atoms with van der Waals surface area (Å²) in [7, 11) is 4.08. The van der Waals surface area contributed by atoms with E-state index in [1.807, 2.05) is 21.1 Å². The molecular weight excluding hydrogens is 156 g/mol. The van der Waals surface area contributed by atoms with Crippen molar-refractivity contribution in [1.82, 2.24) is 19.9 Å². The van der Waals surface area contributed by atoms with Crippen LogP contribution in [-0.4, -0.2) is 35.9 Å². The zero-order chi connectivity index (χ0) is 8.91. The molecule has 0 spiro atoms. The minimum Gasteiger partial charge on any atom is -0.303 e. The fourth-order valence-corrected chi connectivity index (χ4v) is 3.07. The first kappa shape index (κ1) is 11.1. The first-order chi connectivity index (χ1) is 5.10. The molecular formula is C6H20N4Si. The van der Waals surface area contributed by atoms with E-state index in [0.717, 1.165) is 0 Å². The summed E-state index contributed by atoms with van der Waals surface area (Å²) in [5.74, 6) is 0. The van der Waals surface area contributed by atoms with Crippen molar-refractivity contribution in [3.8, 4) is 0 Å². The third kappa shape index (κ3) is 3.30. The van der Waals surface area contributed by atoms with E-state index in [-0.39, 0.29) is 0 Å². The molecule has 11 heavy (non-hydrogen) atoms. The Labute approximate surface area is 70.5 Å². The Hall–Kier alpha value is 0.0569. The largest absolute Gasteiger partial charge is 0.365 e. The fraction of sp³-hybridized carbons (Fsp3) is 1.00. The van der Waals surface area contributed by atoms with E-state index in [2.05, 4.69) is 33.8 Å². The normalized spacial score (nSPS) is 12.5. The maximum absolute atomic E-state index is 3.45. The summed E-state index contributed by atoms with van der Waals surface area (Å²) in [5, 5.41) is 0. The molecule has 0 atom stereocenters. The van der Waals surface area contributed by atoms with Crippen LogP contribution in [0.1, 0.15) is 13.8 Å². The van der Waals surface area contributed by atoms with Gasteiger partial charge in [-0.2, -0.15) is 0 Å². The highest BCUT2D eigenvalue weighted by Crippen LogP contribution is 1.83. The smallest absolute Gasteiger partial charge is 0.303 e. The van der Waals surface area contributed by atoms with E-state index in [9.17, 15) is 0 Å². The van der Waals surface area contributed by atoms with Crippen LogP contribution < -0.4 is 19.9 Å². The molecule has 0 aromatic heterocycles. The Morgan fingerprint density at radius 2 is 1.27 bits per heavy atom. The standard InChI is InChI=1S/C6H20N4Si/c1-6(2)10-11(7-3,8-4)9-5/h6-10H,1-5H3.